The minimum Gasteiger partial charge on any atom is -0.370 e. The molecule has 0 aliphatic carbocycles. The van der Waals surface area contributed by atoms with E-state index in [1.165, 1.54) is 0 Å². The summed E-state index contributed by atoms with van der Waals surface area (Å²) in [6, 6.07) is 7.54. The summed E-state index contributed by atoms with van der Waals surface area (Å²) in [6.07, 6.45) is 7.27. The van der Waals surface area contributed by atoms with Crippen LogP contribution in [0, 0.1) is 5.92 Å². The lowest BCUT2D eigenvalue weighted by Gasteiger charge is -2.15. The number of unbranched alkanes of at least 4 members (excludes halogenated alkanes) is 3. The molecule has 1 atom stereocenters. The molecule has 1 unspecified atom stereocenters. The number of aromatic nitrogens is 1. The van der Waals surface area contributed by atoms with Gasteiger partial charge < -0.3 is 43.0 Å². The summed E-state index contributed by atoms with van der Waals surface area (Å²) >= 11 is 0. The number of primary amides is 1. The van der Waals surface area contributed by atoms with Crippen molar-refractivity contribution >= 4 is 40.2 Å². The second kappa shape index (κ2) is 20.4. The first kappa shape index (κ1) is 33.7. The first-order valence-electron chi connectivity index (χ1n) is 14.7. The SMILES string of the molecule is NCCCNCCCCNCCC(=O)NCCCCCNC(=O)C(CC(N)=O)CC(=O)Nc1c[nH]c2ccccc12. The zero-order valence-electron chi connectivity index (χ0n) is 24.1. The average Bonchev–Trinajstić information content (AvgIpc) is 3.35. The van der Waals surface area contributed by atoms with Crippen LogP contribution in [0.5, 0.6) is 0 Å². The van der Waals surface area contributed by atoms with E-state index >= 15 is 0 Å². The maximum atomic E-state index is 12.7. The summed E-state index contributed by atoms with van der Waals surface area (Å²) in [5.74, 6) is -2.20. The van der Waals surface area contributed by atoms with Gasteiger partial charge in [0.1, 0.15) is 0 Å². The first-order valence-corrected chi connectivity index (χ1v) is 14.7. The minimum atomic E-state index is -0.844. The molecule has 2 rings (SSSR count). The Labute approximate surface area is 242 Å². The summed E-state index contributed by atoms with van der Waals surface area (Å²) in [4.78, 5) is 51.9. The van der Waals surface area contributed by atoms with E-state index in [1.807, 2.05) is 24.3 Å². The maximum Gasteiger partial charge on any atom is 0.225 e. The molecule has 1 aromatic carbocycles. The van der Waals surface area contributed by atoms with E-state index in [1.54, 1.807) is 6.20 Å². The summed E-state index contributed by atoms with van der Waals surface area (Å²) in [5.41, 5.74) is 12.3. The molecule has 0 saturated heterocycles. The molecule has 228 valence electrons. The van der Waals surface area contributed by atoms with Crippen LogP contribution in [-0.4, -0.2) is 74.4 Å². The smallest absolute Gasteiger partial charge is 0.225 e. The first-order chi connectivity index (χ1) is 19.9. The number of amides is 4. The summed E-state index contributed by atoms with van der Waals surface area (Å²) in [5, 5.41) is 16.0. The molecule has 0 saturated carbocycles. The molecule has 0 fully saturated rings. The van der Waals surface area contributed by atoms with Crippen LogP contribution in [-0.2, 0) is 19.2 Å². The largest absolute Gasteiger partial charge is 0.370 e. The van der Waals surface area contributed by atoms with Gasteiger partial charge in [0.15, 0.2) is 0 Å². The summed E-state index contributed by atoms with van der Waals surface area (Å²) in [7, 11) is 0. The topological polar surface area (TPSA) is 196 Å². The molecule has 4 amide bonds. The molecule has 0 radical (unpaired) electrons. The molecule has 10 N–H and O–H groups in total. The maximum absolute atomic E-state index is 12.7. The fourth-order valence-electron chi connectivity index (χ4n) is 4.38. The van der Waals surface area contributed by atoms with Crippen molar-refractivity contribution < 1.29 is 19.2 Å². The third-order valence-electron chi connectivity index (χ3n) is 6.63. The minimum absolute atomic E-state index is 0.0226. The highest BCUT2D eigenvalue weighted by Crippen LogP contribution is 2.23. The van der Waals surface area contributed by atoms with Gasteiger partial charge in [0.2, 0.25) is 23.6 Å². The van der Waals surface area contributed by atoms with E-state index in [2.05, 4.69) is 31.6 Å². The number of nitrogens with two attached hydrogens (primary N) is 2. The standard InChI is InChI=1S/C29H48N8O4/c30-12-8-15-32-13-6-7-14-33-18-11-27(39)34-16-4-1-5-17-35-29(41)22(19-26(31)38)20-28(40)37-25-21-36-24-10-3-2-9-23(24)25/h2-3,9-10,21-22,32-33,36H,1,4-8,11-20,30H2,(H2,31,38)(H,34,39)(H,35,41)(H,37,40). The van der Waals surface area contributed by atoms with Gasteiger partial charge in [-0.3, -0.25) is 19.2 Å². The van der Waals surface area contributed by atoms with Gasteiger partial charge in [0.25, 0.3) is 0 Å². The molecule has 0 aliphatic rings. The fraction of sp³-hybridized carbons (Fsp3) is 0.586. The van der Waals surface area contributed by atoms with Gasteiger partial charge in [-0.15, -0.1) is 0 Å². The molecule has 0 aliphatic heterocycles. The Morgan fingerprint density at radius 1 is 0.756 bits per heavy atom. The Balaban J connectivity index is 1.53. The lowest BCUT2D eigenvalue weighted by atomic mass is 9.99. The van der Waals surface area contributed by atoms with Crippen molar-refractivity contribution in [3.8, 4) is 0 Å². The highest BCUT2D eigenvalue weighted by atomic mass is 16.2. The molecular formula is C29H48N8O4. The summed E-state index contributed by atoms with van der Waals surface area (Å²) in [6.45, 7) is 5.22. The predicted octanol–water partition coefficient (Wildman–Crippen LogP) is 1.09. The number of benzene rings is 1. The van der Waals surface area contributed by atoms with Crippen molar-refractivity contribution in [1.82, 2.24) is 26.3 Å². The molecule has 2 aromatic rings. The highest BCUT2D eigenvalue weighted by molar-refractivity contribution is 6.02. The molecule has 0 bridgehead atoms. The molecule has 41 heavy (non-hydrogen) atoms. The molecule has 12 nitrogen and oxygen atoms in total. The van der Waals surface area contributed by atoms with Gasteiger partial charge in [0, 0.05) is 56.0 Å². The third kappa shape index (κ3) is 14.6. The third-order valence-corrected chi connectivity index (χ3v) is 6.63. The number of hydrogen-bond acceptors (Lipinski definition) is 7. The number of aromatic amines is 1. The fourth-order valence-corrected chi connectivity index (χ4v) is 4.38. The Morgan fingerprint density at radius 3 is 2.15 bits per heavy atom. The van der Waals surface area contributed by atoms with Crippen molar-refractivity contribution in [3.63, 3.8) is 0 Å². The molecule has 12 heteroatoms. The number of hydrogen-bond donors (Lipinski definition) is 8. The van der Waals surface area contributed by atoms with Crippen LogP contribution < -0.4 is 38.1 Å². The number of rotatable bonds is 23. The van der Waals surface area contributed by atoms with Gasteiger partial charge in [-0.2, -0.15) is 0 Å². The van der Waals surface area contributed by atoms with Crippen molar-refractivity contribution in [2.24, 2.45) is 17.4 Å². The van der Waals surface area contributed by atoms with Crippen molar-refractivity contribution in [2.75, 3.05) is 51.1 Å². The van der Waals surface area contributed by atoms with E-state index in [-0.39, 0.29) is 30.6 Å². The Hall–Kier alpha value is -3.48. The highest BCUT2D eigenvalue weighted by Gasteiger charge is 2.24. The van der Waals surface area contributed by atoms with Crippen molar-refractivity contribution in [2.45, 2.75) is 57.8 Å². The van der Waals surface area contributed by atoms with Gasteiger partial charge in [-0.1, -0.05) is 18.2 Å². The van der Waals surface area contributed by atoms with Crippen LogP contribution in [0.1, 0.15) is 57.8 Å². The summed E-state index contributed by atoms with van der Waals surface area (Å²) < 4.78 is 0. The predicted molar refractivity (Wildman–Crippen MR) is 162 cm³/mol. The number of nitrogens with one attached hydrogen (secondary N) is 6. The average molecular weight is 573 g/mol. The van der Waals surface area contributed by atoms with E-state index < -0.39 is 11.8 Å². The monoisotopic (exact) mass is 572 g/mol. The van der Waals surface area contributed by atoms with Gasteiger partial charge in [-0.25, -0.2) is 0 Å². The number of H-pyrrole nitrogens is 1. The normalized spacial score (nSPS) is 11.7. The number of para-hydroxylation sites is 1. The Morgan fingerprint density at radius 2 is 1.41 bits per heavy atom. The van der Waals surface area contributed by atoms with Crippen molar-refractivity contribution in [3.05, 3.63) is 30.5 Å². The van der Waals surface area contributed by atoms with E-state index in [9.17, 15) is 19.2 Å². The van der Waals surface area contributed by atoms with Crippen LogP contribution in [0.2, 0.25) is 0 Å². The number of fused-ring (bicyclic) bond motifs is 1. The zero-order valence-corrected chi connectivity index (χ0v) is 24.1. The van der Waals surface area contributed by atoms with Gasteiger partial charge >= 0.3 is 0 Å². The van der Waals surface area contributed by atoms with Gasteiger partial charge in [0.05, 0.1) is 11.6 Å². The second-order valence-electron chi connectivity index (χ2n) is 10.2. The van der Waals surface area contributed by atoms with Crippen LogP contribution in [0.15, 0.2) is 30.5 Å². The lowest BCUT2D eigenvalue weighted by Crippen LogP contribution is -2.36. The van der Waals surface area contributed by atoms with Crippen LogP contribution in [0.25, 0.3) is 10.9 Å². The molecular weight excluding hydrogens is 524 g/mol. The Bertz CT molecular complexity index is 1070. The molecule has 1 heterocycles. The number of carbonyl (C=O) groups is 4. The van der Waals surface area contributed by atoms with E-state index in [0.717, 1.165) is 69.1 Å². The quantitative estimate of drug-likeness (QED) is 0.0912. The Kier molecular flexibility index (Phi) is 16.8. The van der Waals surface area contributed by atoms with Crippen LogP contribution in [0.4, 0.5) is 5.69 Å². The van der Waals surface area contributed by atoms with Crippen LogP contribution >= 0.6 is 0 Å². The van der Waals surface area contributed by atoms with Crippen LogP contribution in [0.3, 0.4) is 0 Å². The van der Waals surface area contributed by atoms with E-state index in [0.29, 0.717) is 38.3 Å². The zero-order chi connectivity index (χ0) is 29.7. The van der Waals surface area contributed by atoms with Gasteiger partial charge in [-0.05, 0) is 70.8 Å². The van der Waals surface area contributed by atoms with E-state index in [4.69, 9.17) is 11.5 Å². The van der Waals surface area contributed by atoms with Crippen molar-refractivity contribution in [1.29, 1.82) is 0 Å². The molecule has 0 spiro atoms. The second-order valence-corrected chi connectivity index (χ2v) is 10.2. The number of anilines is 1. The lowest BCUT2D eigenvalue weighted by molar-refractivity contribution is -0.131. The number of carbonyl (C=O) groups excluding carboxylic acids is 4. The molecule has 1 aromatic heterocycles.